The lowest BCUT2D eigenvalue weighted by Crippen LogP contribution is -2.36. The van der Waals surface area contributed by atoms with E-state index in [9.17, 15) is 14.4 Å². The van der Waals surface area contributed by atoms with Crippen LogP contribution in [0.4, 0.5) is 4.79 Å². The molecule has 23 heavy (non-hydrogen) atoms. The third kappa shape index (κ3) is 3.54. The second kappa shape index (κ2) is 6.30. The van der Waals surface area contributed by atoms with Crippen LogP contribution in [0.2, 0.25) is 0 Å². The first-order chi connectivity index (χ1) is 11.1. The van der Waals surface area contributed by atoms with Crippen molar-refractivity contribution in [2.24, 2.45) is 0 Å². The Labute approximate surface area is 131 Å². The molecule has 0 aliphatic carbocycles. The van der Waals surface area contributed by atoms with Gasteiger partial charge < -0.3 is 15.1 Å². The zero-order chi connectivity index (χ0) is 16.2. The Morgan fingerprint density at radius 2 is 2.04 bits per heavy atom. The van der Waals surface area contributed by atoms with Gasteiger partial charge in [-0.1, -0.05) is 30.3 Å². The van der Waals surface area contributed by atoms with Crippen LogP contribution in [0.3, 0.4) is 0 Å². The molecular formula is C15H14N4O4. The molecule has 118 valence electrons. The van der Waals surface area contributed by atoms with Crippen LogP contribution in [-0.4, -0.2) is 28.9 Å². The molecule has 0 spiro atoms. The predicted molar refractivity (Wildman–Crippen MR) is 78.9 cm³/mol. The summed E-state index contributed by atoms with van der Waals surface area (Å²) in [4.78, 5) is 38.2. The number of aromatic nitrogens is 1. The standard InChI is InChI=1S/C15H14N4O4/c20-12(6-10-14(21)19-15(22)18-10)16-8-13-17-7-11(23-13)9-4-2-1-3-5-9/h1-5,7,10H,6,8H2,(H,16,20)(H2,18,19,21,22). The van der Waals surface area contributed by atoms with Crippen molar-refractivity contribution in [2.45, 2.75) is 19.0 Å². The molecule has 0 radical (unpaired) electrons. The number of oxazole rings is 1. The molecule has 8 nitrogen and oxygen atoms in total. The van der Waals surface area contributed by atoms with E-state index in [1.807, 2.05) is 30.3 Å². The Hall–Kier alpha value is -3.16. The highest BCUT2D eigenvalue weighted by atomic mass is 16.4. The lowest BCUT2D eigenvalue weighted by molar-refractivity contribution is -0.126. The molecule has 3 N–H and O–H groups in total. The number of rotatable bonds is 5. The number of benzene rings is 1. The van der Waals surface area contributed by atoms with Gasteiger partial charge in [-0.2, -0.15) is 0 Å². The van der Waals surface area contributed by atoms with E-state index in [-0.39, 0.29) is 18.9 Å². The van der Waals surface area contributed by atoms with Crippen molar-refractivity contribution < 1.29 is 18.8 Å². The molecule has 1 unspecified atom stereocenters. The van der Waals surface area contributed by atoms with Gasteiger partial charge in [0.2, 0.25) is 11.8 Å². The summed E-state index contributed by atoms with van der Waals surface area (Å²) in [5, 5.41) is 7.03. The molecule has 2 heterocycles. The third-order valence-corrected chi connectivity index (χ3v) is 3.30. The summed E-state index contributed by atoms with van der Waals surface area (Å²) in [6.07, 6.45) is 1.45. The quantitative estimate of drug-likeness (QED) is 0.698. The number of hydrogen-bond donors (Lipinski definition) is 3. The summed E-state index contributed by atoms with van der Waals surface area (Å²) in [5.41, 5.74) is 0.892. The largest absolute Gasteiger partial charge is 0.439 e. The van der Waals surface area contributed by atoms with Crippen LogP contribution in [0.1, 0.15) is 12.3 Å². The third-order valence-electron chi connectivity index (χ3n) is 3.30. The van der Waals surface area contributed by atoms with E-state index in [0.29, 0.717) is 11.7 Å². The van der Waals surface area contributed by atoms with Gasteiger partial charge in [-0.15, -0.1) is 0 Å². The fourth-order valence-corrected chi connectivity index (χ4v) is 2.16. The van der Waals surface area contributed by atoms with Crippen molar-refractivity contribution in [2.75, 3.05) is 0 Å². The van der Waals surface area contributed by atoms with Crippen molar-refractivity contribution >= 4 is 17.8 Å². The summed E-state index contributed by atoms with van der Waals surface area (Å²) < 4.78 is 5.55. The van der Waals surface area contributed by atoms with Gasteiger partial charge in [0, 0.05) is 5.56 Å². The molecule has 3 rings (SSSR count). The number of carbonyl (C=O) groups excluding carboxylic acids is 3. The minimum atomic E-state index is -0.841. The average molecular weight is 314 g/mol. The monoisotopic (exact) mass is 314 g/mol. The Morgan fingerprint density at radius 1 is 1.26 bits per heavy atom. The van der Waals surface area contributed by atoms with Gasteiger partial charge in [0.25, 0.3) is 5.91 Å². The smallest absolute Gasteiger partial charge is 0.322 e. The van der Waals surface area contributed by atoms with E-state index in [4.69, 9.17) is 4.42 Å². The van der Waals surface area contributed by atoms with Gasteiger partial charge in [-0.25, -0.2) is 9.78 Å². The van der Waals surface area contributed by atoms with Gasteiger partial charge in [-0.3, -0.25) is 14.9 Å². The van der Waals surface area contributed by atoms with Crippen LogP contribution in [0, 0.1) is 0 Å². The summed E-state index contributed by atoms with van der Waals surface area (Å²) in [7, 11) is 0. The molecule has 1 aromatic heterocycles. The molecule has 4 amide bonds. The first-order valence-corrected chi connectivity index (χ1v) is 7.00. The summed E-state index contributed by atoms with van der Waals surface area (Å²) in [5.74, 6) is 0.0776. The van der Waals surface area contributed by atoms with E-state index in [1.54, 1.807) is 6.20 Å². The van der Waals surface area contributed by atoms with Crippen LogP contribution in [0.5, 0.6) is 0 Å². The lowest BCUT2D eigenvalue weighted by Gasteiger charge is -2.06. The van der Waals surface area contributed by atoms with Crippen molar-refractivity contribution in [3.05, 3.63) is 42.4 Å². The van der Waals surface area contributed by atoms with Gasteiger partial charge >= 0.3 is 6.03 Å². The fourth-order valence-electron chi connectivity index (χ4n) is 2.16. The summed E-state index contributed by atoms with van der Waals surface area (Å²) >= 11 is 0. The zero-order valence-corrected chi connectivity index (χ0v) is 12.0. The second-order valence-electron chi connectivity index (χ2n) is 4.98. The first kappa shape index (κ1) is 14.8. The normalized spacial score (nSPS) is 16.8. The van der Waals surface area contributed by atoms with Crippen LogP contribution < -0.4 is 16.0 Å². The molecule has 0 bridgehead atoms. The van der Waals surface area contributed by atoms with Crippen LogP contribution in [0.25, 0.3) is 11.3 Å². The minimum absolute atomic E-state index is 0.105. The van der Waals surface area contributed by atoms with Crippen LogP contribution in [-0.2, 0) is 16.1 Å². The number of hydrogen-bond acceptors (Lipinski definition) is 5. The number of nitrogens with one attached hydrogen (secondary N) is 3. The zero-order valence-electron chi connectivity index (χ0n) is 12.0. The number of amides is 4. The maximum atomic E-state index is 11.8. The van der Waals surface area contributed by atoms with E-state index >= 15 is 0 Å². The number of carbonyl (C=O) groups is 3. The first-order valence-electron chi connectivity index (χ1n) is 7.00. The Bertz CT molecular complexity index is 741. The molecule has 1 aliphatic heterocycles. The highest BCUT2D eigenvalue weighted by molar-refractivity contribution is 6.05. The van der Waals surface area contributed by atoms with Gasteiger partial charge in [0.15, 0.2) is 5.76 Å². The van der Waals surface area contributed by atoms with Gasteiger partial charge in [-0.05, 0) is 0 Å². The van der Waals surface area contributed by atoms with Crippen molar-refractivity contribution in [3.63, 3.8) is 0 Å². The number of imide groups is 1. The van der Waals surface area contributed by atoms with Crippen LogP contribution in [0.15, 0.2) is 40.9 Å². The molecule has 1 atom stereocenters. The minimum Gasteiger partial charge on any atom is -0.439 e. The highest BCUT2D eigenvalue weighted by Gasteiger charge is 2.31. The average Bonchev–Trinajstić information content (AvgIpc) is 3.13. The predicted octanol–water partition coefficient (Wildman–Crippen LogP) is 0.556. The van der Waals surface area contributed by atoms with Crippen LogP contribution >= 0.6 is 0 Å². The number of nitrogens with zero attached hydrogens (tertiary/aromatic N) is 1. The molecule has 2 aromatic rings. The maximum Gasteiger partial charge on any atom is 0.322 e. The highest BCUT2D eigenvalue weighted by Crippen LogP contribution is 2.19. The molecule has 1 fully saturated rings. The Kier molecular flexibility index (Phi) is 4.05. The Morgan fingerprint density at radius 3 is 2.74 bits per heavy atom. The van der Waals surface area contributed by atoms with Crippen molar-refractivity contribution in [1.82, 2.24) is 20.9 Å². The summed E-state index contributed by atoms with van der Waals surface area (Å²) in [6.45, 7) is 0.105. The Balaban J connectivity index is 1.53. The second-order valence-corrected chi connectivity index (χ2v) is 4.98. The van der Waals surface area contributed by atoms with Gasteiger partial charge in [0.1, 0.15) is 6.04 Å². The molecule has 8 heteroatoms. The fraction of sp³-hybridized carbons (Fsp3) is 0.200. The molecule has 0 saturated carbocycles. The maximum absolute atomic E-state index is 11.8. The van der Waals surface area contributed by atoms with Gasteiger partial charge in [0.05, 0.1) is 19.2 Å². The molecular weight excluding hydrogens is 300 g/mol. The number of urea groups is 1. The van der Waals surface area contributed by atoms with E-state index < -0.39 is 18.0 Å². The van der Waals surface area contributed by atoms with E-state index in [0.717, 1.165) is 5.56 Å². The molecule has 1 aromatic carbocycles. The summed E-state index contributed by atoms with van der Waals surface area (Å²) in [6, 6.07) is 8.04. The SMILES string of the molecule is O=C(CC1NC(=O)NC1=O)NCc1ncc(-c2ccccc2)o1. The molecule has 1 saturated heterocycles. The molecule has 1 aliphatic rings. The lowest BCUT2D eigenvalue weighted by atomic mass is 10.2. The van der Waals surface area contributed by atoms with Crippen molar-refractivity contribution in [3.8, 4) is 11.3 Å². The van der Waals surface area contributed by atoms with E-state index in [1.165, 1.54) is 0 Å². The van der Waals surface area contributed by atoms with Crippen molar-refractivity contribution in [1.29, 1.82) is 0 Å². The topological polar surface area (TPSA) is 113 Å². The van der Waals surface area contributed by atoms with E-state index in [2.05, 4.69) is 20.9 Å².